The minimum atomic E-state index is -0.598. The Hall–Kier alpha value is -3.72. The summed E-state index contributed by atoms with van der Waals surface area (Å²) in [7, 11) is 1.47. The zero-order valence-electron chi connectivity index (χ0n) is 19.0. The molecule has 0 aliphatic carbocycles. The lowest BCUT2D eigenvalue weighted by Crippen LogP contribution is -2.29. The number of aromatic nitrogens is 2. The van der Waals surface area contributed by atoms with Gasteiger partial charge in [-0.1, -0.05) is 6.92 Å². The van der Waals surface area contributed by atoms with E-state index in [-0.39, 0.29) is 11.6 Å². The number of methoxy groups -OCH3 is 1. The fourth-order valence-electron chi connectivity index (χ4n) is 3.69. The van der Waals surface area contributed by atoms with E-state index in [1.807, 2.05) is 30.0 Å². The smallest absolute Gasteiger partial charge is 0.326 e. The van der Waals surface area contributed by atoms with Crippen molar-refractivity contribution >= 4 is 45.5 Å². The number of thioether (sulfide) groups is 1. The van der Waals surface area contributed by atoms with Crippen molar-refractivity contribution in [2.24, 2.45) is 5.73 Å². The molecule has 4 rings (SSSR count). The first-order valence-electron chi connectivity index (χ1n) is 10.9. The molecule has 176 valence electrons. The highest BCUT2D eigenvalue weighted by atomic mass is 32.2. The molecule has 4 aromatic rings. The number of nitrogens with one attached hydrogen (secondary N) is 1. The molecule has 34 heavy (non-hydrogen) atoms. The molecule has 2 aromatic heterocycles. The average molecular weight is 479 g/mol. The van der Waals surface area contributed by atoms with Crippen LogP contribution in [-0.4, -0.2) is 46.6 Å². The number of hydrogen-bond donors (Lipinski definition) is 2. The Morgan fingerprint density at radius 3 is 2.76 bits per heavy atom. The van der Waals surface area contributed by atoms with Gasteiger partial charge in [-0.15, -0.1) is 0 Å². The molecule has 0 bridgehead atoms. The monoisotopic (exact) mass is 478 g/mol. The lowest BCUT2D eigenvalue weighted by atomic mass is 10.1. The molecule has 0 aliphatic heterocycles. The maximum atomic E-state index is 12.6. The largest absolute Gasteiger partial charge is 0.496 e. The van der Waals surface area contributed by atoms with Crippen LogP contribution in [0, 0.1) is 0 Å². The van der Waals surface area contributed by atoms with Crippen molar-refractivity contribution in [3.05, 3.63) is 60.4 Å². The van der Waals surface area contributed by atoms with Crippen LogP contribution < -0.4 is 20.5 Å². The number of amides is 2. The molecule has 0 saturated heterocycles. The summed E-state index contributed by atoms with van der Waals surface area (Å²) in [6.45, 7) is 2.76. The van der Waals surface area contributed by atoms with Crippen molar-refractivity contribution < 1.29 is 19.1 Å². The highest BCUT2D eigenvalue weighted by molar-refractivity contribution is 7.99. The number of carbonyl (C=O) groups is 2. The van der Waals surface area contributed by atoms with Crippen LogP contribution in [0.15, 0.2) is 54.9 Å². The predicted octanol–water partition coefficient (Wildman–Crippen LogP) is 4.79. The van der Waals surface area contributed by atoms with Crippen molar-refractivity contribution in [1.29, 1.82) is 0 Å². The minimum absolute atomic E-state index is 0.154. The van der Waals surface area contributed by atoms with Gasteiger partial charge in [-0.3, -0.25) is 14.3 Å². The maximum Gasteiger partial charge on any atom is 0.326 e. The molecule has 3 N–H and O–H groups in total. The van der Waals surface area contributed by atoms with E-state index in [1.54, 1.807) is 41.2 Å². The minimum Gasteiger partial charge on any atom is -0.496 e. The van der Waals surface area contributed by atoms with Crippen molar-refractivity contribution in [1.82, 2.24) is 14.9 Å². The van der Waals surface area contributed by atoms with E-state index >= 15 is 0 Å². The molecule has 0 atom stereocenters. The summed E-state index contributed by atoms with van der Waals surface area (Å²) >= 11 is 1.86. The zero-order valence-corrected chi connectivity index (χ0v) is 19.9. The number of carbonyl (C=O) groups excluding carboxylic acids is 2. The Kier molecular flexibility index (Phi) is 7.22. The molecular weight excluding hydrogens is 452 g/mol. The number of nitrogens with two attached hydrogens (primary N) is 1. The quantitative estimate of drug-likeness (QED) is 0.335. The fraction of sp³-hybridized carbons (Fsp3) is 0.240. The third kappa shape index (κ3) is 4.94. The Bertz CT molecular complexity index is 1350. The molecular formula is C25H26N4O4S. The van der Waals surface area contributed by atoms with Gasteiger partial charge in [-0.2, -0.15) is 11.8 Å². The van der Waals surface area contributed by atoms with Crippen LogP contribution in [0.4, 0.5) is 4.79 Å². The lowest BCUT2D eigenvalue weighted by Gasteiger charge is -2.12. The number of hydrogen-bond acceptors (Lipinski definition) is 6. The number of fused-ring (bicyclic) bond motifs is 2. The third-order valence-corrected chi connectivity index (χ3v) is 6.33. The summed E-state index contributed by atoms with van der Waals surface area (Å²) in [6.07, 6.45) is 4.31. The first-order chi connectivity index (χ1) is 16.5. The molecule has 0 saturated carbocycles. The molecule has 8 nitrogen and oxygen atoms in total. The Morgan fingerprint density at radius 1 is 1.15 bits per heavy atom. The topological polar surface area (TPSA) is 108 Å². The number of pyridine rings is 1. The normalized spacial score (nSPS) is 11.0. The van der Waals surface area contributed by atoms with Crippen LogP contribution in [0.1, 0.15) is 23.7 Å². The van der Waals surface area contributed by atoms with Gasteiger partial charge in [-0.25, -0.2) is 4.79 Å². The van der Waals surface area contributed by atoms with Crippen molar-refractivity contribution in [3.8, 4) is 17.2 Å². The number of nitrogens with zero attached hydrogens (tertiary/aromatic N) is 2. The second-order valence-corrected chi connectivity index (χ2v) is 8.93. The van der Waals surface area contributed by atoms with Crippen molar-refractivity contribution in [2.75, 3.05) is 25.2 Å². The molecule has 2 amide bonds. The molecule has 0 fully saturated rings. The van der Waals surface area contributed by atoms with Gasteiger partial charge in [0.1, 0.15) is 17.2 Å². The predicted molar refractivity (Wildman–Crippen MR) is 135 cm³/mol. The van der Waals surface area contributed by atoms with E-state index in [0.717, 1.165) is 28.8 Å². The zero-order chi connectivity index (χ0) is 24.1. The second kappa shape index (κ2) is 10.5. The van der Waals surface area contributed by atoms with E-state index in [2.05, 4.69) is 17.2 Å². The van der Waals surface area contributed by atoms with E-state index in [1.165, 1.54) is 7.11 Å². The molecule has 2 heterocycles. The fourth-order valence-corrected chi connectivity index (χ4v) is 4.32. The van der Waals surface area contributed by atoms with E-state index in [0.29, 0.717) is 34.7 Å². The van der Waals surface area contributed by atoms with Crippen LogP contribution in [0.3, 0.4) is 0 Å². The van der Waals surface area contributed by atoms with Crippen LogP contribution in [-0.2, 0) is 0 Å². The van der Waals surface area contributed by atoms with Gasteiger partial charge in [0, 0.05) is 35.8 Å². The van der Waals surface area contributed by atoms with Crippen LogP contribution >= 0.6 is 11.8 Å². The first kappa shape index (κ1) is 23.4. The SMILES string of the molecule is CCSCCCNC(=O)n1ccc2cc(Oc3ccnc4cc(OC)c(C(N)=O)cc34)ccc21. The van der Waals surface area contributed by atoms with E-state index < -0.39 is 5.91 Å². The van der Waals surface area contributed by atoms with Gasteiger partial charge < -0.3 is 20.5 Å². The van der Waals surface area contributed by atoms with Gasteiger partial charge in [0.05, 0.1) is 23.7 Å². The molecule has 0 radical (unpaired) electrons. The number of benzene rings is 2. The summed E-state index contributed by atoms with van der Waals surface area (Å²) in [5.41, 5.74) is 7.16. The number of rotatable bonds is 9. The van der Waals surface area contributed by atoms with Gasteiger partial charge >= 0.3 is 6.03 Å². The second-order valence-electron chi connectivity index (χ2n) is 7.53. The van der Waals surface area contributed by atoms with Crippen molar-refractivity contribution in [3.63, 3.8) is 0 Å². The number of ether oxygens (including phenoxy) is 2. The average Bonchev–Trinajstić information content (AvgIpc) is 3.26. The number of primary amides is 1. The van der Waals surface area contributed by atoms with Gasteiger partial charge in [0.2, 0.25) is 0 Å². The summed E-state index contributed by atoms with van der Waals surface area (Å²) in [5, 5.41) is 4.46. The Labute approximate surface area is 201 Å². The van der Waals surface area contributed by atoms with E-state index in [4.69, 9.17) is 15.2 Å². The summed E-state index contributed by atoms with van der Waals surface area (Å²) < 4.78 is 13.0. The third-order valence-electron chi connectivity index (χ3n) is 5.34. The Balaban J connectivity index is 1.57. The van der Waals surface area contributed by atoms with Crippen LogP contribution in [0.5, 0.6) is 17.2 Å². The van der Waals surface area contributed by atoms with Crippen molar-refractivity contribution in [2.45, 2.75) is 13.3 Å². The van der Waals surface area contributed by atoms with Gasteiger partial charge in [0.25, 0.3) is 5.91 Å². The maximum absolute atomic E-state index is 12.6. The molecule has 2 aromatic carbocycles. The summed E-state index contributed by atoms with van der Waals surface area (Å²) in [5.74, 6) is 2.98. The molecule has 0 aliphatic rings. The molecule has 0 unspecified atom stereocenters. The Morgan fingerprint density at radius 2 is 2.00 bits per heavy atom. The van der Waals surface area contributed by atoms with E-state index in [9.17, 15) is 9.59 Å². The molecule has 0 spiro atoms. The first-order valence-corrected chi connectivity index (χ1v) is 12.1. The standard InChI is InChI=1S/C25H26N4O4S/c1-3-34-12-4-9-28-25(31)29-11-8-16-13-17(5-6-21(16)29)33-22-7-10-27-20-15-23(32-2)19(24(26)30)14-18(20)22/h5-8,10-11,13-15H,3-4,9,12H2,1-2H3,(H2,26,30)(H,28,31). The summed E-state index contributed by atoms with van der Waals surface area (Å²) in [6, 6.07) is 12.2. The lowest BCUT2D eigenvalue weighted by molar-refractivity contribution is 0.0997. The van der Waals surface area contributed by atoms with Crippen LogP contribution in [0.2, 0.25) is 0 Å². The summed E-state index contributed by atoms with van der Waals surface area (Å²) in [4.78, 5) is 28.8. The van der Waals surface area contributed by atoms with Gasteiger partial charge in [-0.05, 0) is 54.3 Å². The van der Waals surface area contributed by atoms with Gasteiger partial charge in [0.15, 0.2) is 0 Å². The highest BCUT2D eigenvalue weighted by Crippen LogP contribution is 2.34. The highest BCUT2D eigenvalue weighted by Gasteiger charge is 2.15. The molecule has 9 heteroatoms. The van der Waals surface area contributed by atoms with Crippen LogP contribution in [0.25, 0.3) is 21.8 Å².